The zero-order valence-corrected chi connectivity index (χ0v) is 16.6. The second-order valence-corrected chi connectivity index (χ2v) is 6.89. The highest BCUT2D eigenvalue weighted by Gasteiger charge is 2.44. The van der Waals surface area contributed by atoms with Crippen molar-refractivity contribution >= 4 is 11.6 Å². The van der Waals surface area contributed by atoms with Gasteiger partial charge in [-0.25, -0.2) is 4.98 Å². The van der Waals surface area contributed by atoms with Gasteiger partial charge in [0, 0.05) is 24.6 Å². The number of rotatable bonds is 8. The fraction of sp³-hybridized carbons (Fsp3) is 0.450. The average molecular weight is 413 g/mol. The quantitative estimate of drug-likeness (QED) is 0.579. The molecule has 2 aromatic rings. The Kier molecular flexibility index (Phi) is 7.16. The third kappa shape index (κ3) is 5.42. The van der Waals surface area contributed by atoms with Crippen molar-refractivity contribution in [2.75, 3.05) is 11.4 Å². The van der Waals surface area contributed by atoms with Gasteiger partial charge in [0.1, 0.15) is 11.4 Å². The van der Waals surface area contributed by atoms with Crippen LogP contribution in [0.4, 0.5) is 23.2 Å². The van der Waals surface area contributed by atoms with Gasteiger partial charge in [0.25, 0.3) is 5.91 Å². The fourth-order valence-electron chi connectivity index (χ4n) is 2.81. The van der Waals surface area contributed by atoms with Gasteiger partial charge in [-0.3, -0.25) is 9.78 Å². The number of amides is 1. The summed E-state index contributed by atoms with van der Waals surface area (Å²) < 4.78 is 56.2. The molecule has 1 amide bonds. The number of anilines is 1. The van der Waals surface area contributed by atoms with E-state index >= 15 is 0 Å². The van der Waals surface area contributed by atoms with Crippen molar-refractivity contribution in [2.24, 2.45) is 5.92 Å². The van der Waals surface area contributed by atoms with Gasteiger partial charge >= 0.3 is 12.5 Å². The molecule has 0 aliphatic rings. The summed E-state index contributed by atoms with van der Waals surface area (Å²) in [5.41, 5.74) is 1.35. The van der Waals surface area contributed by atoms with Crippen molar-refractivity contribution < 1.29 is 27.1 Å². The molecule has 29 heavy (non-hydrogen) atoms. The summed E-state index contributed by atoms with van der Waals surface area (Å²) >= 11 is 0. The largest absolute Gasteiger partial charge is 0.461 e. The molecule has 0 atom stereocenters. The Morgan fingerprint density at radius 3 is 2.41 bits per heavy atom. The number of ether oxygens (including phenoxy) is 1. The number of carbonyl (C=O) groups excluding carboxylic acids is 1. The Bertz CT molecular complexity index is 859. The SMILES string of the molecule is CCN(C(=O)c1nccnc1C)c1ccc(OC(F)(F)C(F)F)c(CC(C)C)c1. The Balaban J connectivity index is 2.44. The van der Waals surface area contributed by atoms with Gasteiger partial charge in [0.2, 0.25) is 0 Å². The number of nitrogens with zero attached hydrogens (tertiary/aromatic N) is 3. The summed E-state index contributed by atoms with van der Waals surface area (Å²) in [4.78, 5) is 22.4. The number of aromatic nitrogens is 2. The normalized spacial score (nSPS) is 11.8. The van der Waals surface area contributed by atoms with Crippen LogP contribution >= 0.6 is 0 Å². The monoisotopic (exact) mass is 413 g/mol. The fourth-order valence-corrected chi connectivity index (χ4v) is 2.81. The number of hydrogen-bond donors (Lipinski definition) is 0. The van der Waals surface area contributed by atoms with Crippen molar-refractivity contribution in [1.29, 1.82) is 0 Å². The minimum Gasteiger partial charge on any atom is -0.428 e. The molecule has 0 fully saturated rings. The lowest BCUT2D eigenvalue weighted by molar-refractivity contribution is -0.253. The van der Waals surface area contributed by atoms with Gasteiger partial charge in [-0.2, -0.15) is 17.6 Å². The summed E-state index contributed by atoms with van der Waals surface area (Å²) in [5.74, 6) is -0.701. The Morgan fingerprint density at radius 1 is 1.21 bits per heavy atom. The predicted octanol–water partition coefficient (Wildman–Crippen LogP) is 4.89. The first-order valence-corrected chi connectivity index (χ1v) is 9.14. The van der Waals surface area contributed by atoms with Gasteiger partial charge in [0.15, 0.2) is 0 Å². The molecular formula is C20H23F4N3O2. The topological polar surface area (TPSA) is 55.3 Å². The van der Waals surface area contributed by atoms with E-state index in [1.807, 2.05) is 13.8 Å². The lowest BCUT2D eigenvalue weighted by Gasteiger charge is -2.24. The minimum absolute atomic E-state index is 0.0424. The third-order valence-corrected chi connectivity index (χ3v) is 4.13. The lowest BCUT2D eigenvalue weighted by atomic mass is 10.0. The molecule has 1 aromatic carbocycles. The van der Waals surface area contributed by atoms with Crippen LogP contribution in [0, 0.1) is 12.8 Å². The van der Waals surface area contributed by atoms with Crippen LogP contribution in [0.25, 0.3) is 0 Å². The third-order valence-electron chi connectivity index (χ3n) is 4.13. The summed E-state index contributed by atoms with van der Waals surface area (Å²) in [6, 6.07) is 4.07. The molecule has 0 saturated heterocycles. The van der Waals surface area contributed by atoms with Crippen molar-refractivity contribution in [3.63, 3.8) is 0 Å². The van der Waals surface area contributed by atoms with E-state index in [2.05, 4.69) is 14.7 Å². The highest BCUT2D eigenvalue weighted by atomic mass is 19.3. The van der Waals surface area contributed by atoms with Crippen LogP contribution in [0.15, 0.2) is 30.6 Å². The molecular weight excluding hydrogens is 390 g/mol. The number of benzene rings is 1. The summed E-state index contributed by atoms with van der Waals surface area (Å²) in [6.07, 6.45) is -5.38. The summed E-state index contributed by atoms with van der Waals surface area (Å²) in [7, 11) is 0. The van der Waals surface area contributed by atoms with Crippen LogP contribution < -0.4 is 9.64 Å². The molecule has 9 heteroatoms. The van der Waals surface area contributed by atoms with Crippen LogP contribution in [0.5, 0.6) is 5.75 Å². The maximum absolute atomic E-state index is 13.4. The molecule has 0 aliphatic heterocycles. The van der Waals surface area contributed by atoms with Crippen molar-refractivity contribution in [3.8, 4) is 5.75 Å². The number of hydrogen-bond acceptors (Lipinski definition) is 4. The van der Waals surface area contributed by atoms with Gasteiger partial charge < -0.3 is 9.64 Å². The van der Waals surface area contributed by atoms with Crippen molar-refractivity contribution in [2.45, 2.75) is 46.6 Å². The molecule has 5 nitrogen and oxygen atoms in total. The van der Waals surface area contributed by atoms with Crippen LogP contribution in [-0.4, -0.2) is 35.0 Å². The first-order valence-electron chi connectivity index (χ1n) is 9.14. The van der Waals surface area contributed by atoms with Gasteiger partial charge in [0.05, 0.1) is 5.69 Å². The lowest BCUT2D eigenvalue weighted by Crippen LogP contribution is -2.34. The molecule has 0 bridgehead atoms. The van der Waals surface area contributed by atoms with Gasteiger partial charge in [-0.1, -0.05) is 13.8 Å². The van der Waals surface area contributed by atoms with Crippen LogP contribution in [0.1, 0.15) is 42.5 Å². The second kappa shape index (κ2) is 9.19. The van der Waals surface area contributed by atoms with Gasteiger partial charge in [-0.05, 0) is 49.9 Å². The molecule has 0 saturated carbocycles. The highest BCUT2D eigenvalue weighted by Crippen LogP contribution is 2.33. The average Bonchev–Trinajstić information content (AvgIpc) is 2.64. The molecule has 0 spiro atoms. The van der Waals surface area contributed by atoms with Crippen LogP contribution in [0.3, 0.4) is 0 Å². The molecule has 0 aliphatic carbocycles. The molecule has 0 unspecified atom stereocenters. The van der Waals surface area contributed by atoms with E-state index in [9.17, 15) is 22.4 Å². The van der Waals surface area contributed by atoms with E-state index in [-0.39, 0.29) is 23.9 Å². The van der Waals surface area contributed by atoms with Crippen molar-refractivity contribution in [1.82, 2.24) is 9.97 Å². The maximum Gasteiger partial charge on any atom is 0.461 e. The summed E-state index contributed by atoms with van der Waals surface area (Å²) in [6.45, 7) is 7.40. The molecule has 1 aromatic heterocycles. The van der Waals surface area contributed by atoms with Gasteiger partial charge in [-0.15, -0.1) is 0 Å². The molecule has 1 heterocycles. The zero-order chi connectivity index (χ0) is 21.8. The second-order valence-electron chi connectivity index (χ2n) is 6.89. The van der Waals surface area contributed by atoms with E-state index < -0.39 is 18.4 Å². The number of alkyl halides is 4. The molecule has 0 N–H and O–H groups in total. The van der Waals surface area contributed by atoms with E-state index in [0.717, 1.165) is 0 Å². The predicted molar refractivity (Wildman–Crippen MR) is 101 cm³/mol. The van der Waals surface area contributed by atoms with E-state index in [1.165, 1.54) is 35.5 Å². The van der Waals surface area contributed by atoms with Crippen LogP contribution in [0.2, 0.25) is 0 Å². The Morgan fingerprint density at radius 2 is 1.86 bits per heavy atom. The first-order chi connectivity index (χ1) is 13.6. The van der Waals surface area contributed by atoms with E-state index in [4.69, 9.17) is 0 Å². The standard InChI is InChI=1S/C20H23F4N3O2/c1-5-27(18(28)17-13(4)25-8-9-26-17)15-6-7-16(14(11-15)10-12(2)3)29-20(23,24)19(21)22/h6-9,11-12,19H,5,10H2,1-4H3. The number of aryl methyl sites for hydroxylation is 1. The smallest absolute Gasteiger partial charge is 0.428 e. The summed E-state index contributed by atoms with van der Waals surface area (Å²) in [5, 5.41) is 0. The Labute approximate surface area is 166 Å². The Hall–Kier alpha value is -2.71. The molecule has 2 rings (SSSR count). The van der Waals surface area contributed by atoms with Crippen LogP contribution in [-0.2, 0) is 6.42 Å². The number of halogens is 4. The molecule has 0 radical (unpaired) electrons. The minimum atomic E-state index is -4.61. The molecule has 158 valence electrons. The zero-order valence-electron chi connectivity index (χ0n) is 16.6. The first kappa shape index (κ1) is 22.6. The number of carbonyl (C=O) groups is 1. The van der Waals surface area contributed by atoms with E-state index in [0.29, 0.717) is 23.4 Å². The highest BCUT2D eigenvalue weighted by molar-refractivity contribution is 6.05. The van der Waals surface area contributed by atoms with E-state index in [1.54, 1.807) is 13.8 Å². The van der Waals surface area contributed by atoms with Crippen molar-refractivity contribution in [3.05, 3.63) is 47.5 Å². The maximum atomic E-state index is 13.4.